The fourth-order valence-corrected chi connectivity index (χ4v) is 4.58. The number of para-hydroxylation sites is 1. The zero-order valence-corrected chi connectivity index (χ0v) is 16.5. The van der Waals surface area contributed by atoms with Gasteiger partial charge in [-0.15, -0.1) is 0 Å². The minimum absolute atomic E-state index is 0.123. The summed E-state index contributed by atoms with van der Waals surface area (Å²) in [6, 6.07) is 15.8. The van der Waals surface area contributed by atoms with Crippen molar-refractivity contribution in [2.24, 2.45) is 0 Å². The Labute approximate surface area is 161 Å². The Kier molecular flexibility index (Phi) is 5.02. The number of carbonyl (C=O) groups is 1. The molecule has 1 N–H and O–H groups in total. The van der Waals surface area contributed by atoms with E-state index in [1.165, 1.54) is 21.8 Å². The summed E-state index contributed by atoms with van der Waals surface area (Å²) in [5.41, 5.74) is 3.22. The quantitative estimate of drug-likeness (QED) is 0.695. The molecular weight excluding hydrogens is 334 g/mol. The fourth-order valence-electron chi connectivity index (χ4n) is 4.58. The summed E-state index contributed by atoms with van der Waals surface area (Å²) in [6.07, 6.45) is 1.11. The van der Waals surface area contributed by atoms with Crippen LogP contribution in [0, 0.1) is 0 Å². The van der Waals surface area contributed by atoms with E-state index in [1.54, 1.807) is 6.92 Å². The monoisotopic (exact) mass is 363 g/mol. The maximum Gasteiger partial charge on any atom is 0.159 e. The van der Waals surface area contributed by atoms with Crippen LogP contribution in [-0.2, 0) is 6.54 Å². The number of nitrogens with zero attached hydrogens (tertiary/aromatic N) is 2. The third-order valence-corrected chi connectivity index (χ3v) is 5.67. The van der Waals surface area contributed by atoms with Crippen molar-refractivity contribution in [3.63, 3.8) is 0 Å². The van der Waals surface area contributed by atoms with Gasteiger partial charge < -0.3 is 14.8 Å². The van der Waals surface area contributed by atoms with Gasteiger partial charge in [0, 0.05) is 59.1 Å². The van der Waals surface area contributed by atoms with Crippen molar-refractivity contribution in [1.82, 2.24) is 14.8 Å². The summed E-state index contributed by atoms with van der Waals surface area (Å²) in [5.74, 6) is 0.123. The second-order valence-corrected chi connectivity index (χ2v) is 8.04. The predicted octanol–water partition coefficient (Wildman–Crippen LogP) is 4.07. The average Bonchev–Trinajstić information content (AvgIpc) is 2.94. The molecule has 2 heterocycles. The van der Waals surface area contributed by atoms with E-state index in [2.05, 4.69) is 65.0 Å². The summed E-state index contributed by atoms with van der Waals surface area (Å²) in [7, 11) is 0. The van der Waals surface area contributed by atoms with Crippen molar-refractivity contribution >= 4 is 27.6 Å². The highest BCUT2D eigenvalue weighted by molar-refractivity contribution is 6.10. The molecule has 2 unspecified atom stereocenters. The van der Waals surface area contributed by atoms with Gasteiger partial charge in [-0.05, 0) is 45.9 Å². The van der Waals surface area contributed by atoms with Crippen LogP contribution in [0.15, 0.2) is 42.5 Å². The predicted molar refractivity (Wildman–Crippen MR) is 113 cm³/mol. The number of benzene rings is 2. The molecule has 2 aromatic carbocycles. The van der Waals surface area contributed by atoms with Gasteiger partial charge in [-0.2, -0.15) is 0 Å². The van der Waals surface area contributed by atoms with Crippen molar-refractivity contribution in [2.75, 3.05) is 19.6 Å². The van der Waals surface area contributed by atoms with Gasteiger partial charge in [0.1, 0.15) is 0 Å². The number of aryl methyl sites for hydroxylation is 1. The van der Waals surface area contributed by atoms with Gasteiger partial charge in [0.15, 0.2) is 5.78 Å². The first-order valence-electron chi connectivity index (χ1n) is 10.0. The van der Waals surface area contributed by atoms with Gasteiger partial charge in [-0.3, -0.25) is 4.79 Å². The molecule has 4 heteroatoms. The highest BCUT2D eigenvalue weighted by Gasteiger charge is 2.20. The summed E-state index contributed by atoms with van der Waals surface area (Å²) in [4.78, 5) is 14.4. The zero-order chi connectivity index (χ0) is 19.0. The van der Waals surface area contributed by atoms with Gasteiger partial charge in [0.05, 0.1) is 0 Å². The van der Waals surface area contributed by atoms with E-state index in [9.17, 15) is 4.79 Å². The Morgan fingerprint density at radius 2 is 1.70 bits per heavy atom. The van der Waals surface area contributed by atoms with Crippen LogP contribution >= 0.6 is 0 Å². The number of carbonyl (C=O) groups excluding carboxylic acids is 1. The first kappa shape index (κ1) is 18.2. The topological polar surface area (TPSA) is 37.3 Å². The third kappa shape index (κ3) is 3.64. The SMILES string of the molecule is CC(=O)c1ccc2c3ccccc3n(CCCN3CC(C)NC(C)C3)c2c1. The first-order chi connectivity index (χ1) is 13.0. The van der Waals surface area contributed by atoms with Crippen molar-refractivity contribution in [3.05, 3.63) is 48.0 Å². The van der Waals surface area contributed by atoms with Crippen LogP contribution in [0.4, 0.5) is 0 Å². The van der Waals surface area contributed by atoms with Crippen LogP contribution in [0.5, 0.6) is 0 Å². The van der Waals surface area contributed by atoms with Gasteiger partial charge in [0.25, 0.3) is 0 Å². The summed E-state index contributed by atoms with van der Waals surface area (Å²) >= 11 is 0. The molecule has 4 nitrogen and oxygen atoms in total. The molecule has 0 spiro atoms. The molecule has 142 valence electrons. The normalized spacial score (nSPS) is 21.1. The van der Waals surface area contributed by atoms with Crippen LogP contribution in [0.3, 0.4) is 0 Å². The Morgan fingerprint density at radius 1 is 1.00 bits per heavy atom. The molecule has 1 aliphatic heterocycles. The Morgan fingerprint density at radius 3 is 2.44 bits per heavy atom. The maximum atomic E-state index is 11.9. The second-order valence-electron chi connectivity index (χ2n) is 8.04. The molecule has 0 bridgehead atoms. The zero-order valence-electron chi connectivity index (χ0n) is 16.5. The molecule has 1 saturated heterocycles. The highest BCUT2D eigenvalue weighted by Crippen LogP contribution is 2.30. The molecule has 2 atom stereocenters. The van der Waals surface area contributed by atoms with Crippen LogP contribution in [0.1, 0.15) is 37.6 Å². The molecule has 1 aliphatic rings. The van der Waals surface area contributed by atoms with Gasteiger partial charge >= 0.3 is 0 Å². The lowest BCUT2D eigenvalue weighted by molar-refractivity contribution is 0.101. The summed E-state index contributed by atoms with van der Waals surface area (Å²) < 4.78 is 2.40. The minimum Gasteiger partial charge on any atom is -0.340 e. The molecule has 0 amide bonds. The fraction of sp³-hybridized carbons (Fsp3) is 0.435. The van der Waals surface area contributed by atoms with Crippen LogP contribution in [-0.4, -0.2) is 47.0 Å². The van der Waals surface area contributed by atoms with Crippen LogP contribution < -0.4 is 5.32 Å². The third-order valence-electron chi connectivity index (χ3n) is 5.67. The van der Waals surface area contributed by atoms with Gasteiger partial charge in [-0.1, -0.05) is 30.3 Å². The number of aromatic nitrogens is 1. The number of Topliss-reactive ketones (excluding diaryl/α,β-unsaturated/α-hetero) is 1. The molecule has 27 heavy (non-hydrogen) atoms. The van der Waals surface area contributed by atoms with E-state index in [-0.39, 0.29) is 5.78 Å². The number of hydrogen-bond acceptors (Lipinski definition) is 3. The summed E-state index contributed by atoms with van der Waals surface area (Å²) in [6.45, 7) is 10.5. The van der Waals surface area contributed by atoms with E-state index in [1.807, 2.05) is 6.07 Å². The number of hydrogen-bond donors (Lipinski definition) is 1. The van der Waals surface area contributed by atoms with E-state index in [4.69, 9.17) is 0 Å². The van der Waals surface area contributed by atoms with Gasteiger partial charge in [0.2, 0.25) is 0 Å². The standard InChI is InChI=1S/C23H29N3O/c1-16-14-25(15-17(2)24-16)11-6-12-26-22-8-5-4-7-20(22)21-10-9-19(18(3)27)13-23(21)26/h4-5,7-10,13,16-17,24H,6,11-12,14-15H2,1-3H3. The second kappa shape index (κ2) is 7.45. The molecule has 1 aromatic heterocycles. The lowest BCUT2D eigenvalue weighted by Gasteiger charge is -2.36. The smallest absolute Gasteiger partial charge is 0.159 e. The molecule has 0 saturated carbocycles. The average molecular weight is 364 g/mol. The van der Waals surface area contributed by atoms with Gasteiger partial charge in [-0.25, -0.2) is 0 Å². The highest BCUT2D eigenvalue weighted by atomic mass is 16.1. The molecule has 0 radical (unpaired) electrons. The summed E-state index contributed by atoms with van der Waals surface area (Å²) in [5, 5.41) is 6.11. The van der Waals surface area contributed by atoms with Crippen molar-refractivity contribution < 1.29 is 4.79 Å². The lowest BCUT2D eigenvalue weighted by atomic mass is 10.1. The molecular formula is C23H29N3O. The van der Waals surface area contributed by atoms with E-state index < -0.39 is 0 Å². The molecule has 0 aliphatic carbocycles. The Balaban J connectivity index is 1.61. The number of piperazine rings is 1. The molecule has 4 rings (SSSR count). The molecule has 1 fully saturated rings. The molecule has 3 aromatic rings. The number of fused-ring (bicyclic) bond motifs is 3. The van der Waals surface area contributed by atoms with E-state index in [0.717, 1.165) is 38.2 Å². The maximum absolute atomic E-state index is 11.9. The largest absolute Gasteiger partial charge is 0.340 e. The minimum atomic E-state index is 0.123. The first-order valence-corrected chi connectivity index (χ1v) is 10.0. The Bertz CT molecular complexity index is 964. The van der Waals surface area contributed by atoms with E-state index >= 15 is 0 Å². The number of nitrogens with one attached hydrogen (secondary N) is 1. The van der Waals surface area contributed by atoms with Crippen molar-refractivity contribution in [1.29, 1.82) is 0 Å². The van der Waals surface area contributed by atoms with Crippen LogP contribution in [0.25, 0.3) is 21.8 Å². The number of rotatable bonds is 5. The van der Waals surface area contributed by atoms with Crippen molar-refractivity contribution in [2.45, 2.75) is 45.8 Å². The Hall–Kier alpha value is -2.17. The lowest BCUT2D eigenvalue weighted by Crippen LogP contribution is -2.54. The van der Waals surface area contributed by atoms with Crippen LogP contribution in [0.2, 0.25) is 0 Å². The van der Waals surface area contributed by atoms with Crippen molar-refractivity contribution in [3.8, 4) is 0 Å². The van der Waals surface area contributed by atoms with E-state index in [0.29, 0.717) is 12.1 Å². The number of ketones is 1.